The summed E-state index contributed by atoms with van der Waals surface area (Å²) in [6, 6.07) is 7.49. The molecule has 1 aromatic carbocycles. The predicted molar refractivity (Wildman–Crippen MR) is 117 cm³/mol. The van der Waals surface area contributed by atoms with E-state index < -0.39 is 12.1 Å². The highest BCUT2D eigenvalue weighted by Gasteiger charge is 2.31. The average molecular weight is 425 g/mol. The Kier molecular flexibility index (Phi) is 6.58. The van der Waals surface area contributed by atoms with Crippen LogP contribution in [0.2, 0.25) is 0 Å². The van der Waals surface area contributed by atoms with Crippen molar-refractivity contribution in [3.63, 3.8) is 0 Å². The van der Waals surface area contributed by atoms with E-state index >= 15 is 0 Å². The van der Waals surface area contributed by atoms with Gasteiger partial charge in [0.25, 0.3) is 0 Å². The monoisotopic (exact) mass is 424 g/mol. The number of aromatic nitrogens is 1. The zero-order valence-electron chi connectivity index (χ0n) is 18.3. The Morgan fingerprint density at radius 3 is 2.42 bits per heavy atom. The van der Waals surface area contributed by atoms with Crippen molar-refractivity contribution in [2.24, 2.45) is 5.92 Å². The summed E-state index contributed by atoms with van der Waals surface area (Å²) < 4.78 is 0. The van der Waals surface area contributed by atoms with Gasteiger partial charge in [0.2, 0.25) is 5.91 Å². The summed E-state index contributed by atoms with van der Waals surface area (Å²) in [6.45, 7) is 8.16. The van der Waals surface area contributed by atoms with E-state index in [1.165, 1.54) is 4.90 Å². The zero-order chi connectivity index (χ0) is 22.7. The lowest BCUT2D eigenvalue weighted by Crippen LogP contribution is -2.31. The Labute approximate surface area is 181 Å². The SMILES string of the molecule is Cc1ccc(-c2c(CN3C(=O)CNC3=O)c(C)nc(CC(C)C)c2CNC(=O)O)cc1. The number of amides is 4. The van der Waals surface area contributed by atoms with Gasteiger partial charge in [-0.15, -0.1) is 0 Å². The highest BCUT2D eigenvalue weighted by molar-refractivity contribution is 6.02. The van der Waals surface area contributed by atoms with Gasteiger partial charge in [0.15, 0.2) is 0 Å². The van der Waals surface area contributed by atoms with E-state index in [1.807, 2.05) is 38.1 Å². The van der Waals surface area contributed by atoms with Crippen LogP contribution in [0.5, 0.6) is 0 Å². The standard InChI is InChI=1S/C23H28N4O4/c1-13(2)9-19-17(10-25-23(30)31)21(16-7-5-14(3)6-8-16)18(15(4)26-19)12-27-20(28)11-24-22(27)29/h5-8,13,25H,9-12H2,1-4H3,(H,24,29)(H,30,31). The molecule has 8 heteroatoms. The Morgan fingerprint density at radius 1 is 1.19 bits per heavy atom. The molecule has 2 aromatic rings. The van der Waals surface area contributed by atoms with Crippen molar-refractivity contribution in [3.05, 3.63) is 52.3 Å². The number of imide groups is 1. The van der Waals surface area contributed by atoms with Crippen LogP contribution in [0, 0.1) is 19.8 Å². The van der Waals surface area contributed by atoms with Crippen LogP contribution < -0.4 is 10.6 Å². The molecule has 3 N–H and O–H groups in total. The van der Waals surface area contributed by atoms with Crippen LogP contribution in [0.4, 0.5) is 9.59 Å². The van der Waals surface area contributed by atoms with E-state index in [2.05, 4.69) is 24.5 Å². The van der Waals surface area contributed by atoms with E-state index in [4.69, 9.17) is 4.98 Å². The Balaban J connectivity index is 2.23. The van der Waals surface area contributed by atoms with Crippen LogP contribution in [0.25, 0.3) is 11.1 Å². The number of urea groups is 1. The number of hydrogen-bond donors (Lipinski definition) is 3. The first-order valence-corrected chi connectivity index (χ1v) is 10.3. The zero-order valence-corrected chi connectivity index (χ0v) is 18.3. The lowest BCUT2D eigenvalue weighted by atomic mass is 9.89. The fourth-order valence-corrected chi connectivity index (χ4v) is 3.79. The van der Waals surface area contributed by atoms with E-state index in [-0.39, 0.29) is 25.5 Å². The van der Waals surface area contributed by atoms with Gasteiger partial charge in [-0.2, -0.15) is 0 Å². The van der Waals surface area contributed by atoms with Gasteiger partial charge in [-0.05, 0) is 37.3 Å². The first-order valence-electron chi connectivity index (χ1n) is 10.3. The second-order valence-corrected chi connectivity index (χ2v) is 8.24. The molecule has 0 aliphatic carbocycles. The molecule has 3 rings (SSSR count). The highest BCUT2D eigenvalue weighted by atomic mass is 16.4. The quantitative estimate of drug-likeness (QED) is 0.590. The molecule has 2 heterocycles. The van der Waals surface area contributed by atoms with Crippen LogP contribution in [0.1, 0.15) is 41.9 Å². The first-order chi connectivity index (χ1) is 14.7. The Hall–Kier alpha value is -3.42. The maximum absolute atomic E-state index is 12.2. The maximum atomic E-state index is 12.2. The minimum Gasteiger partial charge on any atom is -0.465 e. The molecule has 1 aliphatic heterocycles. The summed E-state index contributed by atoms with van der Waals surface area (Å²) in [5, 5.41) is 14.2. The second-order valence-electron chi connectivity index (χ2n) is 8.24. The number of aryl methyl sites for hydroxylation is 2. The molecule has 31 heavy (non-hydrogen) atoms. The fourth-order valence-electron chi connectivity index (χ4n) is 3.79. The van der Waals surface area contributed by atoms with Crippen LogP contribution in [-0.2, 0) is 24.3 Å². The molecule has 0 atom stereocenters. The minimum atomic E-state index is -1.12. The van der Waals surface area contributed by atoms with Gasteiger partial charge in [-0.25, -0.2) is 9.59 Å². The number of carbonyl (C=O) groups excluding carboxylic acids is 2. The lowest BCUT2D eigenvalue weighted by Gasteiger charge is -2.24. The number of carbonyl (C=O) groups is 3. The second kappa shape index (κ2) is 9.16. The molecule has 8 nitrogen and oxygen atoms in total. The smallest absolute Gasteiger partial charge is 0.404 e. The van der Waals surface area contributed by atoms with Crippen molar-refractivity contribution >= 4 is 18.0 Å². The van der Waals surface area contributed by atoms with Crippen molar-refractivity contribution in [1.82, 2.24) is 20.5 Å². The third-order valence-electron chi connectivity index (χ3n) is 5.30. The number of benzene rings is 1. The summed E-state index contributed by atoms with van der Waals surface area (Å²) in [5.41, 5.74) is 5.86. The van der Waals surface area contributed by atoms with Gasteiger partial charge < -0.3 is 15.7 Å². The Bertz CT molecular complexity index is 999. The summed E-state index contributed by atoms with van der Waals surface area (Å²) in [4.78, 5) is 41.7. The molecule has 1 saturated heterocycles. The van der Waals surface area contributed by atoms with Crippen LogP contribution in [0.3, 0.4) is 0 Å². The van der Waals surface area contributed by atoms with Gasteiger partial charge in [0.1, 0.15) is 0 Å². The van der Waals surface area contributed by atoms with Gasteiger partial charge in [-0.1, -0.05) is 43.7 Å². The van der Waals surface area contributed by atoms with Gasteiger partial charge in [0, 0.05) is 29.1 Å². The fraction of sp³-hybridized carbons (Fsp3) is 0.391. The van der Waals surface area contributed by atoms with E-state index in [9.17, 15) is 19.5 Å². The average Bonchev–Trinajstić information content (AvgIpc) is 3.01. The predicted octanol–water partition coefficient (Wildman–Crippen LogP) is 3.38. The lowest BCUT2D eigenvalue weighted by molar-refractivity contribution is -0.125. The summed E-state index contributed by atoms with van der Waals surface area (Å²) in [5.74, 6) is 0.0221. The van der Waals surface area contributed by atoms with Crippen molar-refractivity contribution in [3.8, 4) is 11.1 Å². The van der Waals surface area contributed by atoms with E-state index in [0.29, 0.717) is 12.3 Å². The molecule has 0 spiro atoms. The normalized spacial score (nSPS) is 13.6. The number of carboxylic acid groups (broad SMARTS) is 1. The molecule has 0 saturated carbocycles. The largest absolute Gasteiger partial charge is 0.465 e. The number of pyridine rings is 1. The summed E-state index contributed by atoms with van der Waals surface area (Å²) >= 11 is 0. The molecule has 0 unspecified atom stereocenters. The van der Waals surface area contributed by atoms with Crippen molar-refractivity contribution in [2.75, 3.05) is 6.54 Å². The van der Waals surface area contributed by atoms with Gasteiger partial charge in [0.05, 0.1) is 13.1 Å². The van der Waals surface area contributed by atoms with Crippen molar-refractivity contribution in [2.45, 2.75) is 47.2 Å². The van der Waals surface area contributed by atoms with Gasteiger partial charge in [-0.3, -0.25) is 14.7 Å². The molecule has 1 aliphatic rings. The minimum absolute atomic E-state index is 0.0238. The van der Waals surface area contributed by atoms with Crippen LogP contribution in [-0.4, -0.2) is 39.6 Å². The van der Waals surface area contributed by atoms with E-state index in [0.717, 1.165) is 39.2 Å². The van der Waals surface area contributed by atoms with Crippen molar-refractivity contribution in [1.29, 1.82) is 0 Å². The van der Waals surface area contributed by atoms with Crippen molar-refractivity contribution < 1.29 is 19.5 Å². The summed E-state index contributed by atoms with van der Waals surface area (Å²) in [6.07, 6.45) is -0.443. The molecule has 164 valence electrons. The van der Waals surface area contributed by atoms with Crippen LogP contribution in [0.15, 0.2) is 24.3 Å². The topological polar surface area (TPSA) is 112 Å². The maximum Gasteiger partial charge on any atom is 0.404 e. The number of nitrogens with one attached hydrogen (secondary N) is 2. The highest BCUT2D eigenvalue weighted by Crippen LogP contribution is 2.34. The molecular weight excluding hydrogens is 396 g/mol. The third-order valence-corrected chi connectivity index (χ3v) is 5.30. The molecule has 4 amide bonds. The molecule has 0 bridgehead atoms. The van der Waals surface area contributed by atoms with Crippen LogP contribution >= 0.6 is 0 Å². The first kappa shape index (κ1) is 22.3. The third kappa shape index (κ3) is 5.02. The molecule has 1 aromatic heterocycles. The summed E-state index contributed by atoms with van der Waals surface area (Å²) in [7, 11) is 0. The molecule has 1 fully saturated rings. The molecular formula is C23H28N4O4. The number of rotatable bonds is 7. The Morgan fingerprint density at radius 2 is 1.87 bits per heavy atom. The molecule has 0 radical (unpaired) electrons. The number of hydrogen-bond acceptors (Lipinski definition) is 4. The van der Waals surface area contributed by atoms with Gasteiger partial charge >= 0.3 is 12.1 Å². The number of nitrogens with zero attached hydrogens (tertiary/aromatic N) is 2. The van der Waals surface area contributed by atoms with E-state index in [1.54, 1.807) is 0 Å².